The number of aliphatic hydroxyl groups excluding tert-OH is 2. The smallest absolute Gasteiger partial charge is 0.351 e. The largest absolute Gasteiger partial charge is 0.461 e. The standard InChI is InChI=1S/C14H21N7O6/c1-6(2)8(16)12(24)26-5-14(19-20-17)10(23)9(22)11(27-14)21-4-3-7(15)18-13(21)25/h3-4,6,8-11,22-23H,5,16H2,1-2H3,(H2,15,18,25)/t8-,9+,10-,11+,14+/m0/s1. The van der Waals surface area contributed by atoms with Crippen molar-refractivity contribution in [1.29, 1.82) is 0 Å². The van der Waals surface area contributed by atoms with E-state index in [0.29, 0.717) is 0 Å². The van der Waals surface area contributed by atoms with E-state index >= 15 is 0 Å². The van der Waals surface area contributed by atoms with Gasteiger partial charge in [-0.05, 0) is 17.5 Å². The van der Waals surface area contributed by atoms with Gasteiger partial charge in [0.15, 0.2) is 6.23 Å². The van der Waals surface area contributed by atoms with Gasteiger partial charge in [0.1, 0.15) is 30.7 Å². The lowest BCUT2D eigenvalue weighted by molar-refractivity contribution is -0.167. The van der Waals surface area contributed by atoms with Crippen molar-refractivity contribution in [2.24, 2.45) is 16.8 Å². The van der Waals surface area contributed by atoms with E-state index < -0.39 is 48.5 Å². The van der Waals surface area contributed by atoms with Gasteiger partial charge < -0.3 is 31.2 Å². The van der Waals surface area contributed by atoms with Crippen LogP contribution in [0.5, 0.6) is 0 Å². The van der Waals surface area contributed by atoms with E-state index in [1.54, 1.807) is 13.8 Å². The van der Waals surface area contributed by atoms with Crippen LogP contribution in [0.3, 0.4) is 0 Å². The summed E-state index contributed by atoms with van der Waals surface area (Å²) < 4.78 is 11.3. The van der Waals surface area contributed by atoms with Crippen molar-refractivity contribution in [2.75, 3.05) is 12.3 Å². The zero-order valence-corrected chi connectivity index (χ0v) is 14.7. The van der Waals surface area contributed by atoms with E-state index in [0.717, 1.165) is 4.57 Å². The fourth-order valence-corrected chi connectivity index (χ4v) is 2.46. The Morgan fingerprint density at radius 2 is 2.26 bits per heavy atom. The molecule has 0 aliphatic carbocycles. The number of rotatable bonds is 6. The average Bonchev–Trinajstić information content (AvgIpc) is 2.85. The molecular weight excluding hydrogens is 362 g/mol. The molecule has 1 aromatic heterocycles. The second-order valence-corrected chi connectivity index (χ2v) is 6.40. The molecule has 0 unspecified atom stereocenters. The summed E-state index contributed by atoms with van der Waals surface area (Å²) in [6.45, 7) is 2.69. The highest BCUT2D eigenvalue weighted by Crippen LogP contribution is 2.38. The number of aromatic nitrogens is 2. The van der Waals surface area contributed by atoms with Crippen molar-refractivity contribution in [1.82, 2.24) is 9.55 Å². The van der Waals surface area contributed by atoms with Crippen molar-refractivity contribution < 1.29 is 24.5 Å². The summed E-state index contributed by atoms with van der Waals surface area (Å²) in [6, 6.07) is 0.329. The van der Waals surface area contributed by atoms with Crippen molar-refractivity contribution in [3.63, 3.8) is 0 Å². The molecule has 5 atom stereocenters. The first-order chi connectivity index (χ1) is 12.6. The minimum absolute atomic E-state index is 0.0535. The molecule has 0 radical (unpaired) electrons. The van der Waals surface area contributed by atoms with E-state index in [4.69, 9.17) is 26.5 Å². The van der Waals surface area contributed by atoms with Crippen molar-refractivity contribution in [3.8, 4) is 0 Å². The van der Waals surface area contributed by atoms with Crippen LogP contribution in [-0.4, -0.2) is 56.3 Å². The second-order valence-electron chi connectivity index (χ2n) is 6.40. The Bertz CT molecular complexity index is 807. The quantitative estimate of drug-likeness (QED) is 0.197. The number of carbonyl (C=O) groups excluding carboxylic acids is 1. The minimum Gasteiger partial charge on any atom is -0.461 e. The molecule has 6 N–H and O–H groups in total. The Morgan fingerprint density at radius 1 is 1.59 bits per heavy atom. The number of aliphatic hydroxyl groups is 2. The van der Waals surface area contributed by atoms with Gasteiger partial charge in [0.05, 0.1) is 0 Å². The van der Waals surface area contributed by atoms with Crippen molar-refractivity contribution >= 4 is 11.8 Å². The Kier molecular flexibility index (Phi) is 6.03. The predicted octanol–water partition coefficient (Wildman–Crippen LogP) is -1.39. The van der Waals surface area contributed by atoms with Crippen LogP contribution in [0, 0.1) is 5.92 Å². The third-order valence-electron chi connectivity index (χ3n) is 4.15. The van der Waals surface area contributed by atoms with Crippen LogP contribution in [-0.2, 0) is 14.3 Å². The van der Waals surface area contributed by atoms with Crippen LogP contribution in [0.4, 0.5) is 5.82 Å². The molecule has 0 saturated carbocycles. The number of nitrogens with zero attached hydrogens (tertiary/aromatic N) is 5. The van der Waals surface area contributed by atoms with E-state index in [2.05, 4.69) is 15.0 Å². The van der Waals surface area contributed by atoms with E-state index in [-0.39, 0.29) is 11.7 Å². The van der Waals surface area contributed by atoms with Gasteiger partial charge in [0.2, 0.25) is 5.72 Å². The van der Waals surface area contributed by atoms with Gasteiger partial charge in [-0.1, -0.05) is 19.0 Å². The highest BCUT2D eigenvalue weighted by Gasteiger charge is 2.56. The molecule has 0 bridgehead atoms. The first-order valence-electron chi connectivity index (χ1n) is 8.00. The van der Waals surface area contributed by atoms with Crippen LogP contribution < -0.4 is 17.2 Å². The molecule has 1 fully saturated rings. The molecule has 27 heavy (non-hydrogen) atoms. The Morgan fingerprint density at radius 3 is 2.81 bits per heavy atom. The minimum atomic E-state index is -2.16. The van der Waals surface area contributed by atoms with Crippen LogP contribution in [0.1, 0.15) is 20.1 Å². The van der Waals surface area contributed by atoms with Gasteiger partial charge in [-0.25, -0.2) is 4.79 Å². The zero-order chi connectivity index (χ0) is 20.4. The highest BCUT2D eigenvalue weighted by atomic mass is 16.6. The lowest BCUT2D eigenvalue weighted by atomic mass is 10.0. The predicted molar refractivity (Wildman–Crippen MR) is 90.7 cm³/mol. The topological polar surface area (TPSA) is 212 Å². The first-order valence-corrected chi connectivity index (χ1v) is 8.00. The number of carbonyl (C=O) groups is 1. The lowest BCUT2D eigenvalue weighted by Gasteiger charge is -2.27. The number of anilines is 1. The molecule has 2 rings (SSSR count). The monoisotopic (exact) mass is 383 g/mol. The fraction of sp³-hybridized carbons (Fsp3) is 0.643. The van der Waals surface area contributed by atoms with Gasteiger partial charge in [-0.3, -0.25) is 9.36 Å². The lowest BCUT2D eigenvalue weighted by Crippen LogP contribution is -2.47. The molecule has 0 aromatic carbocycles. The second kappa shape index (κ2) is 7.90. The first kappa shape index (κ1) is 20.6. The summed E-state index contributed by atoms with van der Waals surface area (Å²) in [4.78, 5) is 30.0. The Hall–Kier alpha value is -2.70. The van der Waals surface area contributed by atoms with Crippen LogP contribution in [0.15, 0.2) is 22.2 Å². The third kappa shape index (κ3) is 4.02. The van der Waals surface area contributed by atoms with Crippen molar-refractivity contribution in [2.45, 2.75) is 44.1 Å². The highest BCUT2D eigenvalue weighted by molar-refractivity contribution is 5.75. The van der Waals surface area contributed by atoms with E-state index in [9.17, 15) is 19.8 Å². The molecule has 1 aliphatic rings. The van der Waals surface area contributed by atoms with Crippen LogP contribution >= 0.6 is 0 Å². The average molecular weight is 383 g/mol. The maximum absolute atomic E-state index is 12.0. The molecular formula is C14H21N7O6. The zero-order valence-electron chi connectivity index (χ0n) is 14.7. The number of nitrogen functional groups attached to an aromatic ring is 1. The molecule has 1 saturated heterocycles. The number of hydrogen-bond acceptors (Lipinski definition) is 10. The van der Waals surface area contributed by atoms with Gasteiger partial charge >= 0.3 is 11.7 Å². The summed E-state index contributed by atoms with van der Waals surface area (Å²) >= 11 is 0. The third-order valence-corrected chi connectivity index (χ3v) is 4.15. The molecule has 1 aromatic rings. The normalized spacial score (nSPS) is 28.6. The molecule has 2 heterocycles. The van der Waals surface area contributed by atoms with Gasteiger partial charge in [-0.2, -0.15) is 4.98 Å². The summed E-state index contributed by atoms with van der Waals surface area (Å²) in [6.07, 6.45) is -3.75. The molecule has 1 aliphatic heterocycles. The summed E-state index contributed by atoms with van der Waals surface area (Å²) in [5, 5.41) is 24.0. The number of nitrogens with two attached hydrogens (primary N) is 2. The number of hydrogen-bond donors (Lipinski definition) is 4. The number of esters is 1. The summed E-state index contributed by atoms with van der Waals surface area (Å²) in [7, 11) is 0. The molecule has 13 heteroatoms. The van der Waals surface area contributed by atoms with Crippen LogP contribution in [0.2, 0.25) is 0 Å². The maximum Gasteiger partial charge on any atom is 0.351 e. The molecule has 13 nitrogen and oxygen atoms in total. The Balaban J connectivity index is 2.30. The molecule has 0 spiro atoms. The SMILES string of the molecule is CC(C)[C@H](N)C(=O)OC[C@@]1(N=[N+]=[N-])O[C@@H](n2ccc(N)nc2=O)[C@H](O)[C@@H]1O. The number of azide groups is 1. The van der Waals surface area contributed by atoms with E-state index in [1.165, 1.54) is 12.3 Å². The molecule has 148 valence electrons. The fourth-order valence-electron chi connectivity index (χ4n) is 2.46. The maximum atomic E-state index is 12.0. The van der Waals surface area contributed by atoms with Gasteiger partial charge in [0, 0.05) is 11.1 Å². The van der Waals surface area contributed by atoms with Gasteiger partial charge in [0.25, 0.3) is 0 Å². The van der Waals surface area contributed by atoms with Crippen molar-refractivity contribution in [3.05, 3.63) is 33.2 Å². The summed E-state index contributed by atoms with van der Waals surface area (Å²) in [5.41, 5.74) is 16.9. The summed E-state index contributed by atoms with van der Waals surface area (Å²) in [5.74, 6) is -1.08. The number of ether oxygens (including phenoxy) is 2. The van der Waals surface area contributed by atoms with Gasteiger partial charge in [-0.15, -0.1) is 0 Å². The van der Waals surface area contributed by atoms with E-state index in [1.807, 2.05) is 0 Å². The Labute approximate surface area is 153 Å². The molecule has 0 amide bonds. The van der Waals surface area contributed by atoms with Crippen LogP contribution in [0.25, 0.3) is 10.4 Å².